The summed E-state index contributed by atoms with van der Waals surface area (Å²) in [7, 11) is 0. The van der Waals surface area contributed by atoms with E-state index in [2.05, 4.69) is 57.2 Å². The molecule has 1 aromatic heterocycles. The van der Waals surface area contributed by atoms with Crippen molar-refractivity contribution in [2.75, 3.05) is 5.43 Å². The number of aryl methyl sites for hydroxylation is 1. The number of nitrogens with one attached hydrogen (secondary N) is 1. The zero-order valence-corrected chi connectivity index (χ0v) is 16.7. The van der Waals surface area contributed by atoms with Crippen molar-refractivity contribution < 1.29 is 0 Å². The molecule has 0 atom stereocenters. The minimum Gasteiger partial charge on any atom is -0.243 e. The van der Waals surface area contributed by atoms with Gasteiger partial charge in [0.05, 0.1) is 11.4 Å². The standard InChI is InChI=1S/C24H22N6/c1-2-19-13-15-20(16-14-19)17-18-23(21-9-5-3-6-10-21)25-26-24-27-28-29-30(24)22-11-7-4-8-12-22/h3-18H,2H2,1H3,(H,26,27,29). The number of hydrazone groups is 1. The molecule has 0 bridgehead atoms. The Morgan fingerprint density at radius 3 is 2.33 bits per heavy atom. The van der Waals surface area contributed by atoms with Gasteiger partial charge in [0.25, 0.3) is 5.95 Å². The quantitative estimate of drug-likeness (QED) is 0.363. The van der Waals surface area contributed by atoms with Gasteiger partial charge >= 0.3 is 0 Å². The third-order valence-corrected chi connectivity index (χ3v) is 4.64. The maximum atomic E-state index is 4.59. The number of tetrazole rings is 1. The first-order valence-electron chi connectivity index (χ1n) is 9.83. The Balaban J connectivity index is 1.61. The van der Waals surface area contributed by atoms with E-state index in [0.717, 1.165) is 28.9 Å². The molecule has 0 aliphatic heterocycles. The lowest BCUT2D eigenvalue weighted by Crippen LogP contribution is -2.06. The maximum Gasteiger partial charge on any atom is 0.268 e. The Hall–Kier alpha value is -4.06. The number of anilines is 1. The van der Waals surface area contributed by atoms with Crippen LogP contribution in [0.2, 0.25) is 0 Å². The van der Waals surface area contributed by atoms with Crippen molar-refractivity contribution >= 4 is 17.7 Å². The molecule has 0 aliphatic carbocycles. The van der Waals surface area contributed by atoms with Gasteiger partial charge in [0.1, 0.15) is 0 Å². The van der Waals surface area contributed by atoms with Crippen LogP contribution in [0, 0.1) is 0 Å². The SMILES string of the molecule is CCc1ccc(C=CC(=NNc2nnnn2-c2ccccc2)c2ccccc2)cc1. The second-order valence-electron chi connectivity index (χ2n) is 6.65. The summed E-state index contributed by atoms with van der Waals surface area (Å²) in [5.41, 5.74) is 8.06. The number of hydrogen-bond donors (Lipinski definition) is 1. The zero-order chi connectivity index (χ0) is 20.6. The van der Waals surface area contributed by atoms with Crippen LogP contribution in [0.3, 0.4) is 0 Å². The van der Waals surface area contributed by atoms with Gasteiger partial charge < -0.3 is 0 Å². The fraction of sp³-hybridized carbons (Fsp3) is 0.0833. The average Bonchev–Trinajstić information content (AvgIpc) is 3.29. The van der Waals surface area contributed by atoms with E-state index in [9.17, 15) is 0 Å². The van der Waals surface area contributed by atoms with Gasteiger partial charge in [-0.3, -0.25) is 0 Å². The van der Waals surface area contributed by atoms with Gasteiger partial charge in [-0.2, -0.15) is 9.78 Å². The summed E-state index contributed by atoms with van der Waals surface area (Å²) in [4.78, 5) is 0. The summed E-state index contributed by atoms with van der Waals surface area (Å²) in [6.45, 7) is 2.15. The van der Waals surface area contributed by atoms with Crippen molar-refractivity contribution in [1.29, 1.82) is 0 Å². The van der Waals surface area contributed by atoms with Crippen molar-refractivity contribution in [1.82, 2.24) is 20.2 Å². The van der Waals surface area contributed by atoms with Gasteiger partial charge in [-0.15, -0.1) is 0 Å². The van der Waals surface area contributed by atoms with Crippen LogP contribution in [0.25, 0.3) is 11.8 Å². The number of hydrogen-bond acceptors (Lipinski definition) is 5. The largest absolute Gasteiger partial charge is 0.268 e. The first-order chi connectivity index (χ1) is 14.8. The predicted molar refractivity (Wildman–Crippen MR) is 121 cm³/mol. The van der Waals surface area contributed by atoms with Crippen molar-refractivity contribution in [3.05, 3.63) is 108 Å². The van der Waals surface area contributed by atoms with Crippen molar-refractivity contribution in [3.63, 3.8) is 0 Å². The fourth-order valence-electron chi connectivity index (χ4n) is 2.96. The van der Waals surface area contributed by atoms with E-state index in [-0.39, 0.29) is 0 Å². The van der Waals surface area contributed by atoms with Gasteiger partial charge in [0.2, 0.25) is 0 Å². The summed E-state index contributed by atoms with van der Waals surface area (Å²) in [5, 5.41) is 16.5. The molecule has 4 rings (SSSR count). The van der Waals surface area contributed by atoms with Crippen LogP contribution in [-0.4, -0.2) is 25.9 Å². The molecule has 0 radical (unpaired) electrons. The number of aromatic nitrogens is 4. The highest BCUT2D eigenvalue weighted by Crippen LogP contribution is 2.12. The lowest BCUT2D eigenvalue weighted by molar-refractivity contribution is 0.790. The van der Waals surface area contributed by atoms with Gasteiger partial charge in [0, 0.05) is 5.56 Å². The Labute approximate surface area is 175 Å². The molecule has 4 aromatic rings. The molecular weight excluding hydrogens is 372 g/mol. The number of benzene rings is 3. The normalized spacial score (nSPS) is 11.7. The predicted octanol–water partition coefficient (Wildman–Crippen LogP) is 4.75. The Morgan fingerprint density at radius 1 is 0.933 bits per heavy atom. The monoisotopic (exact) mass is 394 g/mol. The van der Waals surface area contributed by atoms with Gasteiger partial charge in [-0.1, -0.05) is 90.9 Å². The topological polar surface area (TPSA) is 68.0 Å². The van der Waals surface area contributed by atoms with Crippen molar-refractivity contribution in [3.8, 4) is 5.69 Å². The van der Waals surface area contributed by atoms with E-state index in [0.29, 0.717) is 5.95 Å². The number of nitrogens with zero attached hydrogens (tertiary/aromatic N) is 5. The minimum atomic E-state index is 0.440. The molecule has 6 heteroatoms. The summed E-state index contributed by atoms with van der Waals surface area (Å²) in [6, 6.07) is 28.2. The summed E-state index contributed by atoms with van der Waals surface area (Å²) in [5.74, 6) is 0.440. The first-order valence-corrected chi connectivity index (χ1v) is 9.83. The van der Waals surface area contributed by atoms with E-state index < -0.39 is 0 Å². The summed E-state index contributed by atoms with van der Waals surface area (Å²) in [6.07, 6.45) is 5.06. The van der Waals surface area contributed by atoms with E-state index in [1.54, 1.807) is 4.68 Å². The second-order valence-corrected chi connectivity index (χ2v) is 6.65. The molecule has 1 N–H and O–H groups in total. The summed E-state index contributed by atoms with van der Waals surface area (Å²) >= 11 is 0. The van der Waals surface area contributed by atoms with E-state index in [4.69, 9.17) is 0 Å². The van der Waals surface area contributed by atoms with E-state index in [1.165, 1.54) is 5.56 Å². The molecule has 1 heterocycles. The van der Waals surface area contributed by atoms with Crippen LogP contribution in [0.15, 0.2) is 96.1 Å². The zero-order valence-electron chi connectivity index (χ0n) is 16.7. The Bertz CT molecular complexity index is 1130. The molecule has 148 valence electrons. The van der Waals surface area contributed by atoms with Crippen molar-refractivity contribution in [2.24, 2.45) is 5.10 Å². The van der Waals surface area contributed by atoms with Crippen LogP contribution in [0.4, 0.5) is 5.95 Å². The highest BCUT2D eigenvalue weighted by Gasteiger charge is 2.07. The van der Waals surface area contributed by atoms with Crippen molar-refractivity contribution in [2.45, 2.75) is 13.3 Å². The fourth-order valence-corrected chi connectivity index (χ4v) is 2.96. The highest BCUT2D eigenvalue weighted by molar-refractivity contribution is 6.11. The molecular formula is C24H22N6. The maximum absolute atomic E-state index is 4.59. The second kappa shape index (κ2) is 9.43. The Morgan fingerprint density at radius 2 is 1.63 bits per heavy atom. The average molecular weight is 394 g/mol. The van der Waals surface area contributed by atoms with Gasteiger partial charge in [0.15, 0.2) is 0 Å². The summed E-state index contributed by atoms with van der Waals surface area (Å²) < 4.78 is 1.61. The van der Waals surface area contributed by atoms with Crippen LogP contribution in [0.1, 0.15) is 23.6 Å². The minimum absolute atomic E-state index is 0.440. The third kappa shape index (κ3) is 4.67. The molecule has 0 aliphatic rings. The number of allylic oxidation sites excluding steroid dienone is 1. The van der Waals surface area contributed by atoms with E-state index >= 15 is 0 Å². The lowest BCUT2D eigenvalue weighted by Gasteiger charge is -2.06. The Kier molecular flexibility index (Phi) is 6.05. The molecule has 0 fully saturated rings. The molecule has 0 saturated carbocycles. The molecule has 0 spiro atoms. The van der Waals surface area contributed by atoms with Crippen LogP contribution in [-0.2, 0) is 6.42 Å². The molecule has 0 amide bonds. The first kappa shape index (κ1) is 19.3. The molecule has 0 saturated heterocycles. The third-order valence-electron chi connectivity index (χ3n) is 4.64. The van der Waals surface area contributed by atoms with Gasteiger partial charge in [-0.25, -0.2) is 5.43 Å². The molecule has 6 nitrogen and oxygen atoms in total. The lowest BCUT2D eigenvalue weighted by atomic mass is 10.1. The smallest absolute Gasteiger partial charge is 0.243 e. The van der Waals surface area contributed by atoms with E-state index in [1.807, 2.05) is 72.8 Å². The van der Waals surface area contributed by atoms with Gasteiger partial charge in [-0.05, 0) is 46.2 Å². The number of rotatable bonds is 7. The number of para-hydroxylation sites is 1. The highest BCUT2D eigenvalue weighted by atomic mass is 15.6. The molecule has 3 aromatic carbocycles. The van der Waals surface area contributed by atoms with Crippen LogP contribution >= 0.6 is 0 Å². The molecule has 0 unspecified atom stereocenters. The van der Waals surface area contributed by atoms with Crippen LogP contribution in [0.5, 0.6) is 0 Å². The molecule has 30 heavy (non-hydrogen) atoms. The van der Waals surface area contributed by atoms with Crippen LogP contribution < -0.4 is 5.43 Å².